The van der Waals surface area contributed by atoms with E-state index in [1.54, 1.807) is 7.11 Å². The number of nitrogens with zero attached hydrogens (tertiary/aromatic N) is 3. The van der Waals surface area contributed by atoms with E-state index in [4.69, 9.17) is 9.73 Å². The number of aryl methyl sites for hydroxylation is 1. The molecule has 150 valence electrons. The molecule has 0 aliphatic carbocycles. The summed E-state index contributed by atoms with van der Waals surface area (Å²) in [6, 6.07) is 4.32. The van der Waals surface area contributed by atoms with Crippen LogP contribution in [-0.2, 0) is 24.2 Å². The molecule has 0 radical (unpaired) electrons. The SMILES string of the molecule is CCNC(=NCc1c(C)nn(CCOC)c1C)NCC(C)Cc1cccs1. The molecule has 0 fully saturated rings. The fourth-order valence-electron chi connectivity index (χ4n) is 2.97. The first-order valence-corrected chi connectivity index (χ1v) is 10.5. The molecular formula is C20H33N5OS. The van der Waals surface area contributed by atoms with Gasteiger partial charge < -0.3 is 15.4 Å². The molecule has 1 unspecified atom stereocenters. The minimum atomic E-state index is 0.549. The zero-order valence-electron chi connectivity index (χ0n) is 17.2. The summed E-state index contributed by atoms with van der Waals surface area (Å²) in [5.74, 6) is 1.41. The van der Waals surface area contributed by atoms with Crippen LogP contribution in [-0.4, -0.2) is 42.5 Å². The molecule has 2 aromatic heterocycles. The number of aromatic nitrogens is 2. The molecule has 2 rings (SSSR count). The summed E-state index contributed by atoms with van der Waals surface area (Å²) in [6.07, 6.45) is 1.09. The predicted molar refractivity (Wildman–Crippen MR) is 114 cm³/mol. The van der Waals surface area contributed by atoms with Gasteiger partial charge in [-0.05, 0) is 44.6 Å². The highest BCUT2D eigenvalue weighted by Crippen LogP contribution is 2.15. The highest BCUT2D eigenvalue weighted by atomic mass is 32.1. The smallest absolute Gasteiger partial charge is 0.191 e. The lowest BCUT2D eigenvalue weighted by Gasteiger charge is -2.15. The molecule has 0 bridgehead atoms. The van der Waals surface area contributed by atoms with Crippen LogP contribution in [0.5, 0.6) is 0 Å². The molecule has 6 nitrogen and oxygen atoms in total. The van der Waals surface area contributed by atoms with Gasteiger partial charge in [0.15, 0.2) is 5.96 Å². The number of thiophene rings is 1. The average molecular weight is 392 g/mol. The molecule has 27 heavy (non-hydrogen) atoms. The topological polar surface area (TPSA) is 63.5 Å². The van der Waals surface area contributed by atoms with Crippen LogP contribution in [0.4, 0.5) is 0 Å². The van der Waals surface area contributed by atoms with Gasteiger partial charge in [-0.1, -0.05) is 13.0 Å². The van der Waals surface area contributed by atoms with Crippen LogP contribution in [0.25, 0.3) is 0 Å². The number of hydrogen-bond acceptors (Lipinski definition) is 4. The lowest BCUT2D eigenvalue weighted by Crippen LogP contribution is -2.39. The van der Waals surface area contributed by atoms with Crippen molar-refractivity contribution in [3.8, 4) is 0 Å². The standard InChI is InChI=1S/C20H33N5OS/c1-6-21-20(22-13-15(2)12-18-8-7-11-27-18)23-14-19-16(3)24-25(17(19)4)9-10-26-5/h7-8,11,15H,6,9-10,12-14H2,1-5H3,(H2,21,22,23). The Kier molecular flexibility index (Phi) is 8.81. The molecule has 2 heterocycles. The Hall–Kier alpha value is -1.86. The van der Waals surface area contributed by atoms with Crippen molar-refractivity contribution < 1.29 is 4.74 Å². The van der Waals surface area contributed by atoms with Crippen molar-refractivity contribution in [1.29, 1.82) is 0 Å². The van der Waals surface area contributed by atoms with Crippen LogP contribution >= 0.6 is 11.3 Å². The Morgan fingerprint density at radius 3 is 2.85 bits per heavy atom. The van der Waals surface area contributed by atoms with E-state index >= 15 is 0 Å². The van der Waals surface area contributed by atoms with Crippen LogP contribution in [0.15, 0.2) is 22.5 Å². The number of rotatable bonds is 10. The van der Waals surface area contributed by atoms with E-state index in [1.807, 2.05) is 22.9 Å². The summed E-state index contributed by atoms with van der Waals surface area (Å²) in [6.45, 7) is 12.3. The van der Waals surface area contributed by atoms with Crippen molar-refractivity contribution in [3.05, 3.63) is 39.3 Å². The van der Waals surface area contributed by atoms with Gasteiger partial charge in [-0.15, -0.1) is 11.3 Å². The summed E-state index contributed by atoms with van der Waals surface area (Å²) >= 11 is 1.82. The third-order valence-corrected chi connectivity index (χ3v) is 5.42. The van der Waals surface area contributed by atoms with Gasteiger partial charge in [-0.2, -0.15) is 5.10 Å². The third-order valence-electron chi connectivity index (χ3n) is 4.53. The molecule has 0 aromatic carbocycles. The lowest BCUT2D eigenvalue weighted by atomic mass is 10.1. The molecule has 2 N–H and O–H groups in total. The monoisotopic (exact) mass is 391 g/mol. The van der Waals surface area contributed by atoms with Crippen LogP contribution in [0.3, 0.4) is 0 Å². The minimum absolute atomic E-state index is 0.549. The van der Waals surface area contributed by atoms with E-state index in [2.05, 4.69) is 54.0 Å². The van der Waals surface area contributed by atoms with Gasteiger partial charge in [-0.25, -0.2) is 4.99 Å². The molecule has 0 spiro atoms. The Labute approximate surface area is 167 Å². The quantitative estimate of drug-likeness (QED) is 0.482. The van der Waals surface area contributed by atoms with Crippen LogP contribution in [0, 0.1) is 19.8 Å². The van der Waals surface area contributed by atoms with Gasteiger partial charge in [0.2, 0.25) is 0 Å². The minimum Gasteiger partial charge on any atom is -0.383 e. The molecule has 0 aliphatic rings. The van der Waals surface area contributed by atoms with Gasteiger partial charge in [0.1, 0.15) is 0 Å². The van der Waals surface area contributed by atoms with E-state index in [9.17, 15) is 0 Å². The highest BCUT2D eigenvalue weighted by Gasteiger charge is 2.12. The van der Waals surface area contributed by atoms with Crippen molar-refractivity contribution in [2.75, 3.05) is 26.8 Å². The zero-order chi connectivity index (χ0) is 19.6. The van der Waals surface area contributed by atoms with E-state index in [0.717, 1.165) is 43.4 Å². The molecule has 0 saturated heterocycles. The Morgan fingerprint density at radius 1 is 1.37 bits per heavy atom. The second kappa shape index (κ2) is 11.1. The molecule has 0 amide bonds. The number of methoxy groups -OCH3 is 1. The zero-order valence-corrected chi connectivity index (χ0v) is 18.0. The largest absolute Gasteiger partial charge is 0.383 e. The maximum absolute atomic E-state index is 5.16. The Balaban J connectivity index is 1.95. The first kappa shape index (κ1) is 21.4. The normalized spacial score (nSPS) is 13.0. The first-order valence-electron chi connectivity index (χ1n) is 9.61. The molecule has 7 heteroatoms. The van der Waals surface area contributed by atoms with E-state index in [1.165, 1.54) is 10.4 Å². The Morgan fingerprint density at radius 2 is 2.19 bits per heavy atom. The second-order valence-corrected chi connectivity index (χ2v) is 7.86. The maximum Gasteiger partial charge on any atom is 0.191 e. The highest BCUT2D eigenvalue weighted by molar-refractivity contribution is 7.09. The fourth-order valence-corrected chi connectivity index (χ4v) is 3.84. The third kappa shape index (κ3) is 6.66. The summed E-state index contributed by atoms with van der Waals surface area (Å²) in [5, 5.41) is 13.6. The summed E-state index contributed by atoms with van der Waals surface area (Å²) < 4.78 is 7.17. The number of hydrogen-bond donors (Lipinski definition) is 2. The average Bonchev–Trinajstić information content (AvgIpc) is 3.24. The number of guanidine groups is 1. The second-order valence-electron chi connectivity index (χ2n) is 6.83. The molecule has 1 atom stereocenters. The summed E-state index contributed by atoms with van der Waals surface area (Å²) in [4.78, 5) is 6.21. The first-order chi connectivity index (χ1) is 13.0. The van der Waals surface area contributed by atoms with Crippen molar-refractivity contribution in [2.45, 2.75) is 47.2 Å². The van der Waals surface area contributed by atoms with Gasteiger partial charge in [-0.3, -0.25) is 4.68 Å². The van der Waals surface area contributed by atoms with Gasteiger partial charge in [0, 0.05) is 36.3 Å². The van der Waals surface area contributed by atoms with E-state index in [-0.39, 0.29) is 0 Å². The number of aliphatic imine (C=N–C) groups is 1. The van der Waals surface area contributed by atoms with Crippen molar-refractivity contribution in [2.24, 2.45) is 10.9 Å². The Bertz CT molecular complexity index is 708. The van der Waals surface area contributed by atoms with Gasteiger partial charge in [0.05, 0.1) is 25.4 Å². The van der Waals surface area contributed by atoms with Crippen molar-refractivity contribution in [3.63, 3.8) is 0 Å². The van der Waals surface area contributed by atoms with Crippen LogP contribution in [0.2, 0.25) is 0 Å². The molecule has 0 saturated carbocycles. The van der Waals surface area contributed by atoms with Gasteiger partial charge >= 0.3 is 0 Å². The van der Waals surface area contributed by atoms with E-state index in [0.29, 0.717) is 19.1 Å². The van der Waals surface area contributed by atoms with E-state index < -0.39 is 0 Å². The fraction of sp³-hybridized carbons (Fsp3) is 0.600. The lowest BCUT2D eigenvalue weighted by molar-refractivity contribution is 0.182. The van der Waals surface area contributed by atoms with Crippen molar-refractivity contribution >= 4 is 17.3 Å². The van der Waals surface area contributed by atoms with Crippen LogP contribution < -0.4 is 10.6 Å². The summed E-state index contributed by atoms with van der Waals surface area (Å²) in [5.41, 5.74) is 3.39. The molecule has 2 aromatic rings. The molecule has 0 aliphatic heterocycles. The van der Waals surface area contributed by atoms with Crippen molar-refractivity contribution in [1.82, 2.24) is 20.4 Å². The number of ether oxygens (including phenoxy) is 1. The number of nitrogens with one attached hydrogen (secondary N) is 2. The summed E-state index contributed by atoms with van der Waals surface area (Å²) in [7, 11) is 1.71. The maximum atomic E-state index is 5.16. The van der Waals surface area contributed by atoms with Crippen LogP contribution in [0.1, 0.15) is 35.7 Å². The van der Waals surface area contributed by atoms with Gasteiger partial charge in [0.25, 0.3) is 0 Å². The molecular weight excluding hydrogens is 358 g/mol. The predicted octanol–water partition coefficient (Wildman–Crippen LogP) is 3.14.